The molecule has 3 rings (SSSR count). The number of pyridine rings is 1. The number of rotatable bonds is 7. The molecule has 2 aromatic heterocycles. The number of aromatic nitrogens is 2. The van der Waals surface area contributed by atoms with Crippen LogP contribution in [-0.4, -0.2) is 27.9 Å². The van der Waals surface area contributed by atoms with E-state index in [4.69, 9.17) is 4.98 Å². The maximum atomic E-state index is 11.7. The SMILES string of the molecule is CCC(=O)Nc1cc(-c2sc(CCSC)nc2-c2cccc(C)c2)ccn1. The summed E-state index contributed by atoms with van der Waals surface area (Å²) < 4.78 is 0. The lowest BCUT2D eigenvalue weighted by atomic mass is 10.1. The fourth-order valence-electron chi connectivity index (χ4n) is 2.72. The van der Waals surface area contributed by atoms with E-state index >= 15 is 0 Å². The Morgan fingerprint density at radius 1 is 1.22 bits per heavy atom. The van der Waals surface area contributed by atoms with E-state index in [-0.39, 0.29) is 5.91 Å². The van der Waals surface area contributed by atoms with Crippen LogP contribution in [0, 0.1) is 6.92 Å². The Bertz CT molecular complexity index is 937. The lowest BCUT2D eigenvalue weighted by molar-refractivity contribution is -0.115. The average Bonchev–Trinajstić information content (AvgIpc) is 3.11. The number of anilines is 1. The van der Waals surface area contributed by atoms with E-state index in [1.54, 1.807) is 17.5 Å². The number of thiazole rings is 1. The van der Waals surface area contributed by atoms with Gasteiger partial charge in [-0.2, -0.15) is 11.8 Å². The van der Waals surface area contributed by atoms with E-state index in [2.05, 4.69) is 47.7 Å². The van der Waals surface area contributed by atoms with Gasteiger partial charge in [-0.3, -0.25) is 4.79 Å². The van der Waals surface area contributed by atoms with Crippen LogP contribution in [0.3, 0.4) is 0 Å². The zero-order valence-electron chi connectivity index (χ0n) is 15.8. The molecule has 1 aromatic carbocycles. The summed E-state index contributed by atoms with van der Waals surface area (Å²) in [5.74, 6) is 1.59. The second kappa shape index (κ2) is 9.15. The van der Waals surface area contributed by atoms with Crippen LogP contribution >= 0.6 is 23.1 Å². The Hall–Kier alpha value is -2.18. The van der Waals surface area contributed by atoms with Gasteiger partial charge in [0.1, 0.15) is 5.82 Å². The molecular formula is C21H23N3OS2. The molecule has 0 saturated heterocycles. The van der Waals surface area contributed by atoms with Gasteiger partial charge in [0.05, 0.1) is 15.6 Å². The highest BCUT2D eigenvalue weighted by atomic mass is 32.2. The van der Waals surface area contributed by atoms with Crippen LogP contribution in [0.4, 0.5) is 5.82 Å². The average molecular weight is 398 g/mol. The maximum absolute atomic E-state index is 11.7. The molecule has 0 radical (unpaired) electrons. The fourth-order valence-corrected chi connectivity index (χ4v) is 4.32. The third-order valence-corrected chi connectivity index (χ3v) is 5.87. The van der Waals surface area contributed by atoms with E-state index in [1.807, 2.05) is 30.8 Å². The van der Waals surface area contributed by atoms with Crippen molar-refractivity contribution in [3.8, 4) is 21.7 Å². The molecule has 0 fully saturated rings. The second-order valence-electron chi connectivity index (χ2n) is 6.23. The van der Waals surface area contributed by atoms with Crippen molar-refractivity contribution >= 4 is 34.8 Å². The van der Waals surface area contributed by atoms with Crippen LogP contribution in [-0.2, 0) is 11.2 Å². The first-order chi connectivity index (χ1) is 13.1. The molecule has 4 nitrogen and oxygen atoms in total. The molecule has 3 aromatic rings. The third-order valence-electron chi connectivity index (χ3n) is 4.09. The highest BCUT2D eigenvalue weighted by Gasteiger charge is 2.16. The van der Waals surface area contributed by atoms with Gasteiger partial charge in [0.15, 0.2) is 0 Å². The first kappa shape index (κ1) is 19.6. The molecule has 0 aliphatic carbocycles. The van der Waals surface area contributed by atoms with Gasteiger partial charge >= 0.3 is 0 Å². The molecule has 27 heavy (non-hydrogen) atoms. The summed E-state index contributed by atoms with van der Waals surface area (Å²) in [5.41, 5.74) is 4.36. The lowest BCUT2D eigenvalue weighted by Crippen LogP contribution is -2.10. The van der Waals surface area contributed by atoms with Gasteiger partial charge in [-0.1, -0.05) is 30.7 Å². The number of nitrogens with one attached hydrogen (secondary N) is 1. The van der Waals surface area contributed by atoms with Crippen LogP contribution in [0.1, 0.15) is 23.9 Å². The number of benzene rings is 1. The van der Waals surface area contributed by atoms with E-state index < -0.39 is 0 Å². The van der Waals surface area contributed by atoms with Crippen molar-refractivity contribution in [2.24, 2.45) is 0 Å². The molecule has 0 spiro atoms. The first-order valence-electron chi connectivity index (χ1n) is 8.92. The molecule has 1 N–H and O–H groups in total. The number of hydrogen-bond donors (Lipinski definition) is 1. The van der Waals surface area contributed by atoms with E-state index in [0.29, 0.717) is 12.2 Å². The van der Waals surface area contributed by atoms with E-state index in [9.17, 15) is 4.79 Å². The van der Waals surface area contributed by atoms with Crippen LogP contribution in [0.25, 0.3) is 21.7 Å². The number of aryl methyl sites for hydroxylation is 2. The minimum absolute atomic E-state index is 0.0384. The van der Waals surface area contributed by atoms with Crippen molar-refractivity contribution in [2.45, 2.75) is 26.7 Å². The fraction of sp³-hybridized carbons (Fsp3) is 0.286. The monoisotopic (exact) mass is 397 g/mol. The largest absolute Gasteiger partial charge is 0.311 e. The number of carbonyl (C=O) groups excluding carboxylic acids is 1. The van der Waals surface area contributed by atoms with Crippen molar-refractivity contribution < 1.29 is 4.79 Å². The minimum Gasteiger partial charge on any atom is -0.311 e. The van der Waals surface area contributed by atoms with E-state index in [1.165, 1.54) is 5.56 Å². The minimum atomic E-state index is -0.0384. The molecule has 6 heteroatoms. The first-order valence-corrected chi connectivity index (χ1v) is 11.1. The molecule has 140 valence electrons. The Morgan fingerprint density at radius 3 is 2.81 bits per heavy atom. The number of carbonyl (C=O) groups is 1. The van der Waals surface area contributed by atoms with Gasteiger partial charge in [-0.15, -0.1) is 11.3 Å². The van der Waals surface area contributed by atoms with Crippen molar-refractivity contribution in [2.75, 3.05) is 17.3 Å². The van der Waals surface area contributed by atoms with E-state index in [0.717, 1.165) is 38.9 Å². The van der Waals surface area contributed by atoms with Gasteiger partial charge < -0.3 is 5.32 Å². The molecule has 2 heterocycles. The molecule has 0 bridgehead atoms. The number of amides is 1. The summed E-state index contributed by atoms with van der Waals surface area (Å²) >= 11 is 3.55. The number of hydrogen-bond acceptors (Lipinski definition) is 5. The zero-order chi connectivity index (χ0) is 19.2. The van der Waals surface area contributed by atoms with Gasteiger partial charge in [-0.05, 0) is 42.7 Å². The van der Waals surface area contributed by atoms with Gasteiger partial charge in [-0.25, -0.2) is 9.97 Å². The molecule has 0 aliphatic rings. The number of nitrogens with zero attached hydrogens (tertiary/aromatic N) is 2. The molecule has 0 atom stereocenters. The normalized spacial score (nSPS) is 10.8. The highest BCUT2D eigenvalue weighted by molar-refractivity contribution is 7.98. The molecule has 0 unspecified atom stereocenters. The van der Waals surface area contributed by atoms with Crippen LogP contribution in [0.5, 0.6) is 0 Å². The third kappa shape index (κ3) is 4.96. The molecule has 0 aliphatic heterocycles. The van der Waals surface area contributed by atoms with Gasteiger partial charge in [0, 0.05) is 24.6 Å². The van der Waals surface area contributed by atoms with Crippen molar-refractivity contribution in [3.63, 3.8) is 0 Å². The summed E-state index contributed by atoms with van der Waals surface area (Å²) in [4.78, 5) is 22.0. The van der Waals surface area contributed by atoms with Crippen LogP contribution in [0.2, 0.25) is 0 Å². The maximum Gasteiger partial charge on any atom is 0.225 e. The Morgan fingerprint density at radius 2 is 2.07 bits per heavy atom. The topological polar surface area (TPSA) is 54.9 Å². The van der Waals surface area contributed by atoms with Gasteiger partial charge in [0.25, 0.3) is 0 Å². The van der Waals surface area contributed by atoms with Crippen molar-refractivity contribution in [3.05, 3.63) is 53.2 Å². The quantitative estimate of drug-likeness (QED) is 0.577. The Balaban J connectivity index is 2.04. The predicted molar refractivity (Wildman–Crippen MR) is 117 cm³/mol. The summed E-state index contributed by atoms with van der Waals surface area (Å²) in [5, 5.41) is 3.97. The predicted octanol–water partition coefficient (Wildman–Crippen LogP) is 5.43. The Kier molecular flexibility index (Phi) is 6.63. The van der Waals surface area contributed by atoms with Crippen molar-refractivity contribution in [1.29, 1.82) is 0 Å². The molecule has 0 saturated carbocycles. The highest BCUT2D eigenvalue weighted by Crippen LogP contribution is 2.38. The molecular weight excluding hydrogens is 374 g/mol. The van der Waals surface area contributed by atoms with Gasteiger partial charge in [0.2, 0.25) is 5.91 Å². The summed E-state index contributed by atoms with van der Waals surface area (Å²) in [6.45, 7) is 3.92. The zero-order valence-corrected chi connectivity index (χ0v) is 17.4. The van der Waals surface area contributed by atoms with Crippen LogP contribution in [0.15, 0.2) is 42.6 Å². The summed E-state index contributed by atoms with van der Waals surface area (Å²) in [7, 11) is 0. The Labute approximate surface area is 168 Å². The standard InChI is InChI=1S/C21H23N3OS2/c1-4-18(25)23-17-13-16(8-10-22-17)21-20(15-7-5-6-14(2)12-15)24-19(27-21)9-11-26-3/h5-8,10,12-13H,4,9,11H2,1-3H3,(H,22,23,25). The molecule has 1 amide bonds. The van der Waals surface area contributed by atoms with Crippen LogP contribution < -0.4 is 5.32 Å². The number of thioether (sulfide) groups is 1. The summed E-state index contributed by atoms with van der Waals surface area (Å²) in [6.07, 6.45) is 5.23. The van der Waals surface area contributed by atoms with Crippen molar-refractivity contribution in [1.82, 2.24) is 9.97 Å². The second-order valence-corrected chi connectivity index (χ2v) is 8.30. The lowest BCUT2D eigenvalue weighted by Gasteiger charge is -2.07. The smallest absolute Gasteiger partial charge is 0.225 e. The summed E-state index contributed by atoms with van der Waals surface area (Å²) in [6, 6.07) is 12.3.